The van der Waals surface area contributed by atoms with Crippen LogP contribution in [0.1, 0.15) is 22.3 Å². The number of benzene rings is 3. The fourth-order valence-electron chi connectivity index (χ4n) is 3.64. The maximum Gasteiger partial charge on any atom is 0.255 e. The molecule has 1 aliphatic heterocycles. The van der Waals surface area contributed by atoms with Gasteiger partial charge in [0.15, 0.2) is 0 Å². The maximum absolute atomic E-state index is 12.6. The van der Waals surface area contributed by atoms with Crippen LogP contribution in [0.25, 0.3) is 0 Å². The zero-order chi connectivity index (χ0) is 22.5. The van der Waals surface area contributed by atoms with E-state index in [1.165, 1.54) is 0 Å². The van der Waals surface area contributed by atoms with Crippen LogP contribution in [-0.2, 0) is 16.1 Å². The second-order valence-electron chi connectivity index (χ2n) is 7.59. The van der Waals surface area contributed by atoms with Gasteiger partial charge < -0.3 is 15.5 Å². The topological polar surface area (TPSA) is 78.5 Å². The smallest absolute Gasteiger partial charge is 0.255 e. The van der Waals surface area contributed by atoms with E-state index in [1.54, 1.807) is 47.4 Å². The SMILES string of the molecule is O=C(Nc1ccccc1)c1cccc(N2C[C@@H](C(=O)NCc3ccccc3Cl)CC2=O)c1. The molecule has 32 heavy (non-hydrogen) atoms. The molecule has 0 unspecified atom stereocenters. The third-order valence-electron chi connectivity index (χ3n) is 5.36. The van der Waals surface area contributed by atoms with Crippen molar-refractivity contribution >= 4 is 40.7 Å². The Morgan fingerprint density at radius 3 is 2.50 bits per heavy atom. The lowest BCUT2D eigenvalue weighted by Gasteiger charge is -2.18. The van der Waals surface area contributed by atoms with Gasteiger partial charge in [0.25, 0.3) is 5.91 Å². The van der Waals surface area contributed by atoms with Crippen molar-refractivity contribution in [3.8, 4) is 0 Å². The molecule has 0 aliphatic carbocycles. The lowest BCUT2D eigenvalue weighted by molar-refractivity contribution is -0.126. The van der Waals surface area contributed by atoms with Crippen molar-refractivity contribution in [2.24, 2.45) is 5.92 Å². The predicted octanol–water partition coefficient (Wildman–Crippen LogP) is 4.26. The predicted molar refractivity (Wildman–Crippen MR) is 125 cm³/mol. The normalized spacial score (nSPS) is 15.5. The highest BCUT2D eigenvalue weighted by Crippen LogP contribution is 2.26. The van der Waals surface area contributed by atoms with Gasteiger partial charge in [0.05, 0.1) is 5.92 Å². The van der Waals surface area contributed by atoms with E-state index in [0.29, 0.717) is 28.5 Å². The van der Waals surface area contributed by atoms with Gasteiger partial charge >= 0.3 is 0 Å². The quantitative estimate of drug-likeness (QED) is 0.592. The minimum atomic E-state index is -0.466. The van der Waals surface area contributed by atoms with E-state index in [-0.39, 0.29) is 30.7 Å². The highest BCUT2D eigenvalue weighted by atomic mass is 35.5. The Kier molecular flexibility index (Phi) is 6.52. The van der Waals surface area contributed by atoms with Crippen molar-refractivity contribution in [2.45, 2.75) is 13.0 Å². The van der Waals surface area contributed by atoms with Gasteiger partial charge in [-0.05, 0) is 42.0 Å². The molecule has 1 atom stereocenters. The highest BCUT2D eigenvalue weighted by Gasteiger charge is 2.35. The molecular formula is C25H22ClN3O3. The van der Waals surface area contributed by atoms with E-state index in [9.17, 15) is 14.4 Å². The van der Waals surface area contributed by atoms with E-state index >= 15 is 0 Å². The van der Waals surface area contributed by atoms with Gasteiger partial charge in [-0.15, -0.1) is 0 Å². The molecular weight excluding hydrogens is 426 g/mol. The first-order valence-corrected chi connectivity index (χ1v) is 10.7. The largest absolute Gasteiger partial charge is 0.352 e. The van der Waals surface area contributed by atoms with Gasteiger partial charge in [0, 0.05) is 41.5 Å². The molecule has 0 spiro atoms. The summed E-state index contributed by atoms with van der Waals surface area (Å²) in [4.78, 5) is 39.4. The number of halogens is 1. The van der Waals surface area contributed by atoms with Crippen molar-refractivity contribution in [3.63, 3.8) is 0 Å². The minimum absolute atomic E-state index is 0.120. The molecule has 3 aromatic rings. The second kappa shape index (κ2) is 9.66. The molecule has 1 heterocycles. The van der Waals surface area contributed by atoms with Gasteiger partial charge in [-0.25, -0.2) is 0 Å². The lowest BCUT2D eigenvalue weighted by atomic mass is 10.1. The van der Waals surface area contributed by atoms with Crippen LogP contribution in [0, 0.1) is 5.92 Å². The van der Waals surface area contributed by atoms with Crippen LogP contribution in [0.3, 0.4) is 0 Å². The summed E-state index contributed by atoms with van der Waals surface area (Å²) in [6.45, 7) is 0.565. The van der Waals surface area contributed by atoms with Crippen LogP contribution in [-0.4, -0.2) is 24.3 Å². The van der Waals surface area contributed by atoms with Crippen LogP contribution in [0.2, 0.25) is 5.02 Å². The number of anilines is 2. The highest BCUT2D eigenvalue weighted by molar-refractivity contribution is 6.31. The number of para-hydroxylation sites is 1. The van der Waals surface area contributed by atoms with E-state index in [0.717, 1.165) is 5.56 Å². The Hall–Kier alpha value is -3.64. The van der Waals surface area contributed by atoms with Gasteiger partial charge in [0.2, 0.25) is 11.8 Å². The zero-order valence-electron chi connectivity index (χ0n) is 17.3. The lowest BCUT2D eigenvalue weighted by Crippen LogP contribution is -2.32. The van der Waals surface area contributed by atoms with Crippen LogP contribution >= 0.6 is 11.6 Å². The zero-order valence-corrected chi connectivity index (χ0v) is 18.0. The number of hydrogen-bond acceptors (Lipinski definition) is 3. The Morgan fingerprint density at radius 2 is 1.72 bits per heavy atom. The minimum Gasteiger partial charge on any atom is -0.352 e. The number of rotatable bonds is 6. The second-order valence-corrected chi connectivity index (χ2v) is 7.99. The third-order valence-corrected chi connectivity index (χ3v) is 5.73. The van der Waals surface area contributed by atoms with Gasteiger partial charge in [-0.1, -0.05) is 54.1 Å². The first-order valence-electron chi connectivity index (χ1n) is 10.3. The average Bonchev–Trinajstić information content (AvgIpc) is 3.21. The van der Waals surface area contributed by atoms with Gasteiger partial charge in [0.1, 0.15) is 0 Å². The molecule has 3 aromatic carbocycles. The Labute approximate surface area is 191 Å². The Balaban J connectivity index is 1.40. The monoisotopic (exact) mass is 447 g/mol. The number of nitrogens with one attached hydrogen (secondary N) is 2. The van der Waals surface area contributed by atoms with Crippen LogP contribution in [0.4, 0.5) is 11.4 Å². The van der Waals surface area contributed by atoms with Gasteiger partial charge in [-0.2, -0.15) is 0 Å². The van der Waals surface area contributed by atoms with Crippen molar-refractivity contribution < 1.29 is 14.4 Å². The third kappa shape index (κ3) is 4.98. The maximum atomic E-state index is 12.6. The Morgan fingerprint density at radius 1 is 0.969 bits per heavy atom. The summed E-state index contributed by atoms with van der Waals surface area (Å²) in [5, 5.41) is 6.28. The van der Waals surface area contributed by atoms with E-state index in [2.05, 4.69) is 10.6 Å². The molecule has 3 amide bonds. The molecule has 2 N–H and O–H groups in total. The number of amides is 3. The van der Waals surface area contributed by atoms with Crippen molar-refractivity contribution in [2.75, 3.05) is 16.8 Å². The van der Waals surface area contributed by atoms with Crippen LogP contribution < -0.4 is 15.5 Å². The molecule has 1 aliphatic rings. The van der Waals surface area contributed by atoms with Crippen molar-refractivity contribution in [3.05, 3.63) is 95.0 Å². The van der Waals surface area contributed by atoms with Gasteiger partial charge in [-0.3, -0.25) is 14.4 Å². The van der Waals surface area contributed by atoms with Crippen LogP contribution in [0.15, 0.2) is 78.9 Å². The molecule has 0 radical (unpaired) electrons. The molecule has 1 fully saturated rings. The summed E-state index contributed by atoms with van der Waals surface area (Å²) < 4.78 is 0. The average molecular weight is 448 g/mol. The number of nitrogens with zero attached hydrogens (tertiary/aromatic N) is 1. The summed E-state index contributed by atoms with van der Waals surface area (Å²) in [7, 11) is 0. The molecule has 0 aromatic heterocycles. The fraction of sp³-hybridized carbons (Fsp3) is 0.160. The Bertz CT molecular complexity index is 1150. The van der Waals surface area contributed by atoms with Crippen molar-refractivity contribution in [1.82, 2.24) is 5.32 Å². The summed E-state index contributed by atoms with van der Waals surface area (Å²) >= 11 is 6.14. The molecule has 7 heteroatoms. The summed E-state index contributed by atoms with van der Waals surface area (Å²) in [5.74, 6) is -1.08. The molecule has 162 valence electrons. The molecule has 1 saturated heterocycles. The number of carbonyl (C=O) groups excluding carboxylic acids is 3. The van der Waals surface area contributed by atoms with E-state index in [4.69, 9.17) is 11.6 Å². The molecule has 4 rings (SSSR count). The van der Waals surface area contributed by atoms with Crippen molar-refractivity contribution in [1.29, 1.82) is 0 Å². The first kappa shape index (κ1) is 21.6. The molecule has 0 bridgehead atoms. The van der Waals surface area contributed by atoms with Crippen LogP contribution in [0.5, 0.6) is 0 Å². The summed E-state index contributed by atoms with van der Waals surface area (Å²) in [6, 6.07) is 23.3. The number of carbonyl (C=O) groups is 3. The summed E-state index contributed by atoms with van der Waals surface area (Å²) in [6.07, 6.45) is 0.120. The summed E-state index contributed by atoms with van der Waals surface area (Å²) in [5.41, 5.74) is 2.54. The first-order chi connectivity index (χ1) is 15.5. The van der Waals surface area contributed by atoms with E-state index in [1.807, 2.05) is 36.4 Å². The fourth-order valence-corrected chi connectivity index (χ4v) is 3.84. The van der Waals surface area contributed by atoms with E-state index < -0.39 is 5.92 Å². The molecule has 6 nitrogen and oxygen atoms in total. The molecule has 0 saturated carbocycles. The number of hydrogen-bond donors (Lipinski definition) is 2. The standard InChI is InChI=1S/C25H22ClN3O3/c26-22-12-5-4-7-18(22)15-27-24(31)19-14-23(30)29(16-19)21-11-6-8-17(13-21)25(32)28-20-9-2-1-3-10-20/h1-13,19H,14-16H2,(H,27,31)(H,28,32)/t19-/m0/s1.